The summed E-state index contributed by atoms with van der Waals surface area (Å²) < 4.78 is 6.02. The van der Waals surface area contributed by atoms with Crippen LogP contribution in [0.4, 0.5) is 0 Å². The first-order valence-corrected chi connectivity index (χ1v) is 8.13. The summed E-state index contributed by atoms with van der Waals surface area (Å²) in [6, 6.07) is 0. The van der Waals surface area contributed by atoms with Gasteiger partial charge in [-0.15, -0.1) is 0 Å². The van der Waals surface area contributed by atoms with Gasteiger partial charge in [-0.3, -0.25) is 4.79 Å². The van der Waals surface area contributed by atoms with Crippen LogP contribution >= 0.6 is 0 Å². The molecular formula is C17H26O2. The van der Waals surface area contributed by atoms with Gasteiger partial charge in [0.05, 0.1) is 5.92 Å². The topological polar surface area (TPSA) is 26.3 Å². The first-order valence-electron chi connectivity index (χ1n) is 8.13. The molecule has 0 radical (unpaired) electrons. The molecule has 0 aromatic rings. The maximum atomic E-state index is 12.3. The number of hydrogen-bond donors (Lipinski definition) is 0. The van der Waals surface area contributed by atoms with Crippen molar-refractivity contribution in [2.75, 3.05) is 0 Å². The smallest absolute Gasteiger partial charge is 0.310 e. The van der Waals surface area contributed by atoms with E-state index in [-0.39, 0.29) is 17.5 Å². The Morgan fingerprint density at radius 1 is 1.16 bits per heavy atom. The molecule has 4 atom stereocenters. The predicted molar refractivity (Wildman–Crippen MR) is 75.6 cm³/mol. The molecule has 0 unspecified atom stereocenters. The normalized spacial score (nSPS) is 37.7. The number of carbonyl (C=O) groups excluding carboxylic acids is 1. The average Bonchev–Trinajstić information content (AvgIpc) is 3.08. The van der Waals surface area contributed by atoms with Crippen LogP contribution < -0.4 is 0 Å². The van der Waals surface area contributed by atoms with Crippen molar-refractivity contribution in [2.24, 2.45) is 23.7 Å². The van der Waals surface area contributed by atoms with Crippen LogP contribution in [0.5, 0.6) is 0 Å². The number of esters is 1. The molecule has 1 heterocycles. The molecule has 1 saturated heterocycles. The lowest BCUT2D eigenvalue weighted by Crippen LogP contribution is -2.39. The van der Waals surface area contributed by atoms with Crippen molar-refractivity contribution in [3.8, 4) is 0 Å². The van der Waals surface area contributed by atoms with Crippen molar-refractivity contribution < 1.29 is 9.53 Å². The Hall–Kier alpha value is -0.790. The molecule has 2 heteroatoms. The molecule has 0 amide bonds. The van der Waals surface area contributed by atoms with E-state index in [1.54, 1.807) is 0 Å². The van der Waals surface area contributed by atoms with E-state index in [2.05, 4.69) is 26.0 Å². The summed E-state index contributed by atoms with van der Waals surface area (Å²) in [5.74, 6) is 1.86. The maximum Gasteiger partial charge on any atom is 0.310 e. The highest BCUT2D eigenvalue weighted by atomic mass is 16.6. The quantitative estimate of drug-likeness (QED) is 0.532. The zero-order valence-corrected chi connectivity index (χ0v) is 12.2. The van der Waals surface area contributed by atoms with E-state index in [0.717, 1.165) is 12.8 Å². The molecule has 3 rings (SSSR count). The van der Waals surface area contributed by atoms with Gasteiger partial charge in [-0.2, -0.15) is 0 Å². The molecule has 0 N–H and O–H groups in total. The molecule has 1 aliphatic heterocycles. The average molecular weight is 262 g/mol. The molecule has 2 fully saturated rings. The molecule has 2 bridgehead atoms. The third-order valence-corrected chi connectivity index (χ3v) is 5.55. The van der Waals surface area contributed by atoms with E-state index in [9.17, 15) is 4.79 Å². The Bertz CT molecular complexity index is 377. The molecule has 19 heavy (non-hydrogen) atoms. The number of unbranched alkanes of at least 4 members (excludes halogenated alkanes) is 2. The van der Waals surface area contributed by atoms with Gasteiger partial charge < -0.3 is 4.74 Å². The van der Waals surface area contributed by atoms with Crippen molar-refractivity contribution in [1.29, 1.82) is 0 Å². The number of hydrogen-bond acceptors (Lipinski definition) is 2. The number of rotatable bonds is 6. The SMILES string of the molecule is CCCCC1(CCCC)OC(=O)[C@@H]2[C@H]1[C@@H]1C=C[C@H]2C1. The second kappa shape index (κ2) is 4.96. The lowest BCUT2D eigenvalue weighted by molar-refractivity contribution is -0.154. The number of carbonyl (C=O) groups is 1. The van der Waals surface area contributed by atoms with Gasteiger partial charge in [0, 0.05) is 5.92 Å². The van der Waals surface area contributed by atoms with Crippen LogP contribution in [0.25, 0.3) is 0 Å². The molecule has 1 saturated carbocycles. The summed E-state index contributed by atoms with van der Waals surface area (Å²) in [4.78, 5) is 12.3. The monoisotopic (exact) mass is 262 g/mol. The molecule has 2 aliphatic carbocycles. The standard InChI is InChI=1S/C17H26O2/c1-3-5-9-17(10-6-4-2)15-13-8-7-12(11-13)14(15)16(18)19-17/h7-8,12-15H,3-6,9-11H2,1-2H3/t12-,13+,14-,15+/m0/s1. The summed E-state index contributed by atoms with van der Waals surface area (Å²) in [7, 11) is 0. The first kappa shape index (κ1) is 13.2. The van der Waals surface area contributed by atoms with Gasteiger partial charge in [0.15, 0.2) is 0 Å². The molecule has 0 aromatic carbocycles. The van der Waals surface area contributed by atoms with Gasteiger partial charge in [-0.1, -0.05) is 38.8 Å². The van der Waals surface area contributed by atoms with E-state index in [0.29, 0.717) is 17.8 Å². The maximum absolute atomic E-state index is 12.3. The zero-order chi connectivity index (χ0) is 13.5. The lowest BCUT2D eigenvalue weighted by Gasteiger charge is -2.36. The Morgan fingerprint density at radius 2 is 1.79 bits per heavy atom. The number of fused-ring (bicyclic) bond motifs is 5. The second-order valence-electron chi connectivity index (χ2n) is 6.69. The zero-order valence-electron chi connectivity index (χ0n) is 12.2. The van der Waals surface area contributed by atoms with Crippen LogP contribution in [-0.2, 0) is 9.53 Å². The van der Waals surface area contributed by atoms with Gasteiger partial charge >= 0.3 is 5.97 Å². The summed E-state index contributed by atoms with van der Waals surface area (Å²) in [5, 5.41) is 0. The largest absolute Gasteiger partial charge is 0.458 e. The van der Waals surface area contributed by atoms with Crippen molar-refractivity contribution in [3.63, 3.8) is 0 Å². The van der Waals surface area contributed by atoms with Crippen LogP contribution in [0.3, 0.4) is 0 Å². The van der Waals surface area contributed by atoms with Crippen molar-refractivity contribution in [1.82, 2.24) is 0 Å². The minimum absolute atomic E-state index is 0.106. The van der Waals surface area contributed by atoms with E-state index in [4.69, 9.17) is 4.74 Å². The van der Waals surface area contributed by atoms with Crippen molar-refractivity contribution >= 4 is 5.97 Å². The molecule has 0 spiro atoms. The van der Waals surface area contributed by atoms with Gasteiger partial charge in [0.1, 0.15) is 5.60 Å². The minimum atomic E-state index is -0.127. The highest BCUT2D eigenvalue weighted by molar-refractivity contribution is 5.78. The van der Waals surface area contributed by atoms with Crippen molar-refractivity contribution in [2.45, 2.75) is 64.4 Å². The third kappa shape index (κ3) is 1.95. The number of cyclic esters (lactones) is 1. The van der Waals surface area contributed by atoms with E-state index < -0.39 is 0 Å². The van der Waals surface area contributed by atoms with Crippen LogP contribution in [0.15, 0.2) is 12.2 Å². The number of ether oxygens (including phenoxy) is 1. The molecule has 3 aliphatic rings. The molecular weight excluding hydrogens is 236 g/mol. The van der Waals surface area contributed by atoms with Gasteiger partial charge in [-0.25, -0.2) is 0 Å². The van der Waals surface area contributed by atoms with E-state index in [1.165, 1.54) is 32.1 Å². The fourth-order valence-electron chi connectivity index (χ4n) is 4.71. The Balaban J connectivity index is 1.86. The van der Waals surface area contributed by atoms with Gasteiger partial charge in [-0.05, 0) is 43.9 Å². The van der Waals surface area contributed by atoms with Gasteiger partial charge in [0.25, 0.3) is 0 Å². The van der Waals surface area contributed by atoms with E-state index in [1.807, 2.05) is 0 Å². The molecule has 106 valence electrons. The summed E-state index contributed by atoms with van der Waals surface area (Å²) in [5.41, 5.74) is -0.127. The summed E-state index contributed by atoms with van der Waals surface area (Å²) in [6.45, 7) is 4.45. The number of allylic oxidation sites excluding steroid dienone is 2. The fourth-order valence-corrected chi connectivity index (χ4v) is 4.71. The molecule has 0 aromatic heterocycles. The van der Waals surface area contributed by atoms with Crippen LogP contribution in [0.2, 0.25) is 0 Å². The Morgan fingerprint density at radius 3 is 2.42 bits per heavy atom. The van der Waals surface area contributed by atoms with Crippen LogP contribution in [-0.4, -0.2) is 11.6 Å². The third-order valence-electron chi connectivity index (χ3n) is 5.55. The Kier molecular flexibility index (Phi) is 3.44. The van der Waals surface area contributed by atoms with Crippen LogP contribution in [0.1, 0.15) is 58.8 Å². The summed E-state index contributed by atoms with van der Waals surface area (Å²) in [6.07, 6.45) is 12.7. The predicted octanol–water partition coefficient (Wildman–Crippen LogP) is 4.10. The first-order chi connectivity index (χ1) is 9.22. The summed E-state index contributed by atoms with van der Waals surface area (Å²) >= 11 is 0. The van der Waals surface area contributed by atoms with E-state index >= 15 is 0 Å². The lowest BCUT2D eigenvalue weighted by atomic mass is 9.70. The van der Waals surface area contributed by atoms with Crippen molar-refractivity contribution in [3.05, 3.63) is 12.2 Å². The second-order valence-corrected chi connectivity index (χ2v) is 6.69. The Labute approximate surface area is 116 Å². The van der Waals surface area contributed by atoms with Crippen LogP contribution in [0, 0.1) is 23.7 Å². The highest BCUT2D eigenvalue weighted by Gasteiger charge is 2.63. The highest BCUT2D eigenvalue weighted by Crippen LogP contribution is 2.59. The van der Waals surface area contributed by atoms with Gasteiger partial charge in [0.2, 0.25) is 0 Å². The molecule has 2 nitrogen and oxygen atoms in total. The minimum Gasteiger partial charge on any atom is -0.458 e. The fraction of sp³-hybridized carbons (Fsp3) is 0.824.